The molecule has 0 saturated carbocycles. The normalized spacial score (nSPS) is 14.4. The molecule has 0 fully saturated rings. The van der Waals surface area contributed by atoms with Crippen LogP contribution in [0.4, 0.5) is 0 Å². The first kappa shape index (κ1) is 9.23. The number of fused-ring (bicyclic) bond motifs is 5. The molecule has 0 heteroatoms. The molecule has 0 unspecified atom stereocenters. The van der Waals surface area contributed by atoms with Gasteiger partial charge >= 0.3 is 0 Å². The van der Waals surface area contributed by atoms with E-state index in [0.717, 1.165) is 0 Å². The number of hydrogen-bond acceptors (Lipinski definition) is 0. The summed E-state index contributed by atoms with van der Waals surface area (Å²) in [6, 6.07) is 17.8. The summed E-state index contributed by atoms with van der Waals surface area (Å²) in [6.07, 6.45) is 3.83. The van der Waals surface area contributed by atoms with Crippen molar-refractivity contribution in [2.24, 2.45) is 0 Å². The summed E-state index contributed by atoms with van der Waals surface area (Å²) in [7, 11) is 0. The van der Waals surface area contributed by atoms with Gasteiger partial charge in [-0.2, -0.15) is 0 Å². The predicted octanol–water partition coefficient (Wildman–Crippen LogP) is 4.48. The smallest absolute Gasteiger partial charge is 0.00706 e. The van der Waals surface area contributed by atoms with Gasteiger partial charge in [-0.25, -0.2) is 0 Å². The van der Waals surface area contributed by atoms with Crippen LogP contribution in [0.3, 0.4) is 0 Å². The van der Waals surface area contributed by atoms with Gasteiger partial charge in [-0.3, -0.25) is 0 Å². The maximum atomic E-state index is 2.32. The Labute approximate surface area is 101 Å². The molecular formula is C17H14. The van der Waals surface area contributed by atoms with Gasteiger partial charge in [0.2, 0.25) is 0 Å². The molecule has 82 valence electrons. The molecule has 0 bridgehead atoms. The third kappa shape index (κ3) is 1.24. The van der Waals surface area contributed by atoms with Gasteiger partial charge in [0, 0.05) is 0 Å². The molecule has 0 aromatic heterocycles. The van der Waals surface area contributed by atoms with Crippen LogP contribution in [-0.2, 0) is 12.8 Å². The molecule has 17 heavy (non-hydrogen) atoms. The van der Waals surface area contributed by atoms with E-state index in [1.165, 1.54) is 40.8 Å². The number of aryl methyl sites for hydroxylation is 2. The first-order valence-corrected chi connectivity index (χ1v) is 6.36. The minimum atomic E-state index is 1.25. The lowest BCUT2D eigenvalue weighted by Crippen LogP contribution is -1.86. The zero-order valence-corrected chi connectivity index (χ0v) is 9.74. The summed E-state index contributed by atoms with van der Waals surface area (Å²) in [5.74, 6) is 0. The summed E-state index contributed by atoms with van der Waals surface area (Å²) in [5, 5.41) is 5.67. The minimum Gasteiger partial charge on any atom is -0.0616 e. The molecule has 0 aliphatic heterocycles. The predicted molar refractivity (Wildman–Crippen MR) is 73.5 cm³/mol. The topological polar surface area (TPSA) is 0 Å². The Morgan fingerprint density at radius 2 is 1.53 bits per heavy atom. The quantitative estimate of drug-likeness (QED) is 0.488. The maximum absolute atomic E-state index is 2.32. The van der Waals surface area contributed by atoms with E-state index in [-0.39, 0.29) is 0 Å². The average molecular weight is 218 g/mol. The standard InChI is InChI=1S/C17H14/c1-2-6-15-12(4-1)8-10-14-11-9-13-5-3-7-16(13)17(14)15/h1-2,4,6,8-11H,3,5,7H2. The van der Waals surface area contributed by atoms with Crippen molar-refractivity contribution in [2.75, 3.05) is 0 Å². The van der Waals surface area contributed by atoms with E-state index in [4.69, 9.17) is 0 Å². The Bertz CT molecular complexity index is 723. The minimum absolute atomic E-state index is 1.25. The monoisotopic (exact) mass is 218 g/mol. The molecule has 0 N–H and O–H groups in total. The molecule has 1 aliphatic rings. The van der Waals surface area contributed by atoms with Gasteiger partial charge in [-0.15, -0.1) is 0 Å². The largest absolute Gasteiger partial charge is 0.0616 e. The summed E-state index contributed by atoms with van der Waals surface area (Å²) in [5.41, 5.74) is 3.16. The Morgan fingerprint density at radius 1 is 0.706 bits per heavy atom. The van der Waals surface area contributed by atoms with Crippen molar-refractivity contribution in [3.05, 3.63) is 59.7 Å². The Morgan fingerprint density at radius 3 is 2.53 bits per heavy atom. The maximum Gasteiger partial charge on any atom is -0.00706 e. The Balaban J connectivity index is 2.27. The number of hydrogen-bond donors (Lipinski definition) is 0. The fourth-order valence-electron chi connectivity index (χ4n) is 3.19. The van der Waals surface area contributed by atoms with Crippen LogP contribution in [0, 0.1) is 0 Å². The number of rotatable bonds is 0. The molecule has 0 saturated heterocycles. The van der Waals surface area contributed by atoms with E-state index in [9.17, 15) is 0 Å². The van der Waals surface area contributed by atoms with Gasteiger partial charge in [0.25, 0.3) is 0 Å². The van der Waals surface area contributed by atoms with E-state index in [0.29, 0.717) is 0 Å². The van der Waals surface area contributed by atoms with Crippen molar-refractivity contribution in [2.45, 2.75) is 19.3 Å². The highest BCUT2D eigenvalue weighted by atomic mass is 14.2. The van der Waals surface area contributed by atoms with E-state index < -0.39 is 0 Å². The van der Waals surface area contributed by atoms with Gasteiger partial charge in [0.1, 0.15) is 0 Å². The third-order valence-electron chi connectivity index (χ3n) is 3.99. The summed E-state index contributed by atoms with van der Waals surface area (Å²) in [6.45, 7) is 0. The molecule has 3 aromatic carbocycles. The second kappa shape index (κ2) is 3.33. The van der Waals surface area contributed by atoms with Gasteiger partial charge in [0.15, 0.2) is 0 Å². The summed E-state index contributed by atoms with van der Waals surface area (Å²) >= 11 is 0. The zero-order chi connectivity index (χ0) is 11.2. The van der Waals surface area contributed by atoms with E-state index in [1.54, 1.807) is 11.1 Å². The van der Waals surface area contributed by atoms with Gasteiger partial charge in [0.05, 0.1) is 0 Å². The number of benzene rings is 3. The van der Waals surface area contributed by atoms with Crippen LogP contribution >= 0.6 is 0 Å². The van der Waals surface area contributed by atoms with Crippen molar-refractivity contribution >= 4 is 21.5 Å². The molecule has 0 nitrogen and oxygen atoms in total. The zero-order valence-electron chi connectivity index (χ0n) is 9.74. The van der Waals surface area contributed by atoms with Gasteiger partial charge in [-0.1, -0.05) is 48.5 Å². The molecular weight excluding hydrogens is 204 g/mol. The fourth-order valence-corrected chi connectivity index (χ4v) is 3.19. The first-order chi connectivity index (χ1) is 8.43. The Hall–Kier alpha value is -1.82. The van der Waals surface area contributed by atoms with Crippen LogP contribution in [0.5, 0.6) is 0 Å². The van der Waals surface area contributed by atoms with Crippen molar-refractivity contribution in [3.8, 4) is 0 Å². The molecule has 3 aromatic rings. The average Bonchev–Trinajstić information content (AvgIpc) is 2.86. The van der Waals surface area contributed by atoms with Gasteiger partial charge in [-0.05, 0) is 51.9 Å². The lowest BCUT2D eigenvalue weighted by atomic mass is 9.95. The highest BCUT2D eigenvalue weighted by Crippen LogP contribution is 2.34. The van der Waals surface area contributed by atoms with Crippen molar-refractivity contribution in [1.29, 1.82) is 0 Å². The molecule has 0 radical (unpaired) electrons. The summed E-state index contributed by atoms with van der Waals surface area (Å²) < 4.78 is 0. The van der Waals surface area contributed by atoms with Crippen LogP contribution < -0.4 is 0 Å². The first-order valence-electron chi connectivity index (χ1n) is 6.36. The molecule has 1 aliphatic carbocycles. The van der Waals surface area contributed by atoms with Crippen LogP contribution in [0.25, 0.3) is 21.5 Å². The highest BCUT2D eigenvalue weighted by molar-refractivity contribution is 6.09. The van der Waals surface area contributed by atoms with Crippen molar-refractivity contribution in [3.63, 3.8) is 0 Å². The molecule has 0 amide bonds. The highest BCUT2D eigenvalue weighted by Gasteiger charge is 2.14. The second-order valence-corrected chi connectivity index (χ2v) is 4.94. The van der Waals surface area contributed by atoms with E-state index in [1.807, 2.05) is 0 Å². The molecule has 4 rings (SSSR count). The molecule has 0 spiro atoms. The van der Waals surface area contributed by atoms with Crippen LogP contribution in [0.1, 0.15) is 17.5 Å². The van der Waals surface area contributed by atoms with Crippen molar-refractivity contribution < 1.29 is 0 Å². The SMILES string of the molecule is c1ccc2c(c1)ccc1ccc3c(c12)CCC3. The van der Waals surface area contributed by atoms with Crippen LogP contribution in [0.2, 0.25) is 0 Å². The third-order valence-corrected chi connectivity index (χ3v) is 3.99. The lowest BCUT2D eigenvalue weighted by molar-refractivity contribution is 0.913. The van der Waals surface area contributed by atoms with Crippen LogP contribution in [-0.4, -0.2) is 0 Å². The Kier molecular flexibility index (Phi) is 1.81. The molecule has 0 heterocycles. The van der Waals surface area contributed by atoms with E-state index in [2.05, 4.69) is 48.5 Å². The van der Waals surface area contributed by atoms with Crippen LogP contribution in [0.15, 0.2) is 48.5 Å². The fraction of sp³-hybridized carbons (Fsp3) is 0.176. The summed E-state index contributed by atoms with van der Waals surface area (Å²) in [4.78, 5) is 0. The van der Waals surface area contributed by atoms with E-state index >= 15 is 0 Å². The lowest BCUT2D eigenvalue weighted by Gasteiger charge is -2.09. The second-order valence-electron chi connectivity index (χ2n) is 4.94. The van der Waals surface area contributed by atoms with Gasteiger partial charge < -0.3 is 0 Å². The van der Waals surface area contributed by atoms with Crippen molar-refractivity contribution in [1.82, 2.24) is 0 Å². The molecule has 0 atom stereocenters.